The number of carbonyl (C=O) groups is 1. The lowest BCUT2D eigenvalue weighted by atomic mass is 9.75. The lowest BCUT2D eigenvalue weighted by Crippen LogP contribution is -2.51. The number of carbonyl (C=O) groups excluding carboxylic acids is 1. The van der Waals surface area contributed by atoms with Crippen LogP contribution in [0, 0.1) is 5.41 Å². The number of nitrogens with two attached hydrogens (primary N) is 1. The van der Waals surface area contributed by atoms with Gasteiger partial charge in [-0.1, -0.05) is 11.6 Å². The Morgan fingerprint density at radius 2 is 2.17 bits per heavy atom. The summed E-state index contributed by atoms with van der Waals surface area (Å²) in [5, 5.41) is 0. The number of hydrogen-bond acceptors (Lipinski definition) is 4. The van der Waals surface area contributed by atoms with Crippen molar-refractivity contribution in [1.82, 2.24) is 5.43 Å². The van der Waals surface area contributed by atoms with Crippen molar-refractivity contribution in [3.8, 4) is 0 Å². The second-order valence-electron chi connectivity index (χ2n) is 5.71. The molecule has 0 unspecified atom stereocenters. The molecule has 0 aromatic carbocycles. The molecule has 1 fully saturated rings. The monoisotopic (exact) mass is 254 g/mol. The largest absolute Gasteiger partial charge is 0.349 e. The van der Waals surface area contributed by atoms with Crippen LogP contribution in [-0.4, -0.2) is 24.9 Å². The third kappa shape index (κ3) is 2.91. The van der Waals surface area contributed by atoms with Gasteiger partial charge >= 0.3 is 0 Å². The molecule has 1 saturated heterocycles. The maximum absolute atomic E-state index is 11.3. The first kappa shape index (κ1) is 13.5. The zero-order valence-corrected chi connectivity index (χ0v) is 11.1. The molecule has 0 saturated carbocycles. The van der Waals surface area contributed by atoms with Crippen LogP contribution in [0.25, 0.3) is 0 Å². The maximum Gasteiger partial charge on any atom is 0.239 e. The van der Waals surface area contributed by atoms with E-state index in [0.29, 0.717) is 13.2 Å². The summed E-state index contributed by atoms with van der Waals surface area (Å²) in [6.07, 6.45) is 5.60. The van der Waals surface area contributed by atoms with Crippen LogP contribution in [0.3, 0.4) is 0 Å². The standard InChI is InChI=1S/C13H22N2O3/c1-10-3-5-13(6-4-10)8-17-12(2,18-9-13)7-11(16)15-14/h3H,4-9,14H2,1-2H3,(H,15,16). The molecule has 1 aliphatic carbocycles. The van der Waals surface area contributed by atoms with Crippen molar-refractivity contribution in [2.24, 2.45) is 11.3 Å². The fraction of sp³-hybridized carbons (Fsp3) is 0.769. The van der Waals surface area contributed by atoms with E-state index >= 15 is 0 Å². The van der Waals surface area contributed by atoms with Gasteiger partial charge in [0.05, 0.1) is 19.6 Å². The van der Waals surface area contributed by atoms with Crippen LogP contribution < -0.4 is 11.3 Å². The number of hydrazine groups is 1. The molecule has 18 heavy (non-hydrogen) atoms. The van der Waals surface area contributed by atoms with Crippen LogP contribution in [0.4, 0.5) is 0 Å². The molecule has 5 heteroatoms. The van der Waals surface area contributed by atoms with Gasteiger partial charge in [0, 0.05) is 5.41 Å². The fourth-order valence-corrected chi connectivity index (χ4v) is 2.46. The predicted octanol–water partition coefficient (Wildman–Crippen LogP) is 1.25. The highest BCUT2D eigenvalue weighted by Gasteiger charge is 2.43. The Morgan fingerprint density at radius 1 is 1.50 bits per heavy atom. The molecule has 1 amide bonds. The molecule has 1 aliphatic heterocycles. The Kier molecular flexibility index (Phi) is 3.75. The SMILES string of the molecule is CC1=CCC2(CC1)COC(C)(CC(=O)NN)OC2. The minimum Gasteiger partial charge on any atom is -0.349 e. The van der Waals surface area contributed by atoms with E-state index in [4.69, 9.17) is 15.3 Å². The second kappa shape index (κ2) is 4.99. The molecule has 1 heterocycles. The highest BCUT2D eigenvalue weighted by atomic mass is 16.7. The molecule has 0 aromatic heterocycles. The van der Waals surface area contributed by atoms with Gasteiger partial charge in [-0.05, 0) is 33.1 Å². The molecule has 0 bridgehead atoms. The van der Waals surface area contributed by atoms with Crippen LogP contribution in [0.2, 0.25) is 0 Å². The Labute approximate surface area is 108 Å². The highest BCUT2D eigenvalue weighted by Crippen LogP contribution is 2.41. The van der Waals surface area contributed by atoms with Crippen molar-refractivity contribution < 1.29 is 14.3 Å². The van der Waals surface area contributed by atoms with Crippen LogP contribution in [0.1, 0.15) is 39.5 Å². The molecule has 3 N–H and O–H groups in total. The number of nitrogens with one attached hydrogen (secondary N) is 1. The fourth-order valence-electron chi connectivity index (χ4n) is 2.46. The zero-order valence-electron chi connectivity index (χ0n) is 11.1. The number of amides is 1. The van der Waals surface area contributed by atoms with Gasteiger partial charge in [-0.25, -0.2) is 5.84 Å². The molecular formula is C13H22N2O3. The molecule has 0 radical (unpaired) electrons. The summed E-state index contributed by atoms with van der Waals surface area (Å²) in [7, 11) is 0. The van der Waals surface area contributed by atoms with E-state index < -0.39 is 5.79 Å². The molecular weight excluding hydrogens is 232 g/mol. The zero-order chi connectivity index (χ0) is 13.2. The molecule has 2 rings (SSSR count). The van der Waals surface area contributed by atoms with Crippen LogP contribution >= 0.6 is 0 Å². The van der Waals surface area contributed by atoms with Crippen molar-refractivity contribution in [2.75, 3.05) is 13.2 Å². The normalized spacial score (nSPS) is 36.3. The summed E-state index contributed by atoms with van der Waals surface area (Å²) in [4.78, 5) is 11.3. The summed E-state index contributed by atoms with van der Waals surface area (Å²) >= 11 is 0. The Hall–Kier alpha value is -0.910. The van der Waals surface area contributed by atoms with Gasteiger partial charge in [0.25, 0.3) is 0 Å². The lowest BCUT2D eigenvalue weighted by Gasteiger charge is -2.45. The minimum atomic E-state index is -0.842. The third-order valence-electron chi connectivity index (χ3n) is 3.94. The van der Waals surface area contributed by atoms with Gasteiger partial charge in [0.2, 0.25) is 5.91 Å². The van der Waals surface area contributed by atoms with Gasteiger partial charge in [-0.2, -0.15) is 0 Å². The van der Waals surface area contributed by atoms with Gasteiger partial charge in [-0.3, -0.25) is 10.2 Å². The number of hydrogen-bond donors (Lipinski definition) is 2. The Morgan fingerprint density at radius 3 is 2.67 bits per heavy atom. The van der Waals surface area contributed by atoms with E-state index in [9.17, 15) is 4.79 Å². The second-order valence-corrected chi connectivity index (χ2v) is 5.71. The first-order valence-electron chi connectivity index (χ1n) is 6.40. The summed E-state index contributed by atoms with van der Waals surface area (Å²) in [6.45, 7) is 5.24. The maximum atomic E-state index is 11.3. The van der Waals surface area contributed by atoms with Crippen molar-refractivity contribution >= 4 is 5.91 Å². The smallest absolute Gasteiger partial charge is 0.239 e. The van der Waals surface area contributed by atoms with Crippen molar-refractivity contribution in [1.29, 1.82) is 0 Å². The van der Waals surface area contributed by atoms with Crippen molar-refractivity contribution in [3.63, 3.8) is 0 Å². The topological polar surface area (TPSA) is 73.6 Å². The number of ether oxygens (including phenoxy) is 2. The molecule has 5 nitrogen and oxygen atoms in total. The van der Waals surface area contributed by atoms with Gasteiger partial charge in [0.15, 0.2) is 5.79 Å². The lowest BCUT2D eigenvalue weighted by molar-refractivity contribution is -0.295. The Balaban J connectivity index is 1.93. The predicted molar refractivity (Wildman–Crippen MR) is 67.3 cm³/mol. The first-order valence-corrected chi connectivity index (χ1v) is 6.40. The van der Waals surface area contributed by atoms with E-state index in [1.807, 2.05) is 0 Å². The first-order chi connectivity index (χ1) is 8.47. The minimum absolute atomic E-state index is 0.0954. The highest BCUT2D eigenvalue weighted by molar-refractivity contribution is 5.76. The average Bonchev–Trinajstić information content (AvgIpc) is 2.37. The summed E-state index contributed by atoms with van der Waals surface area (Å²) < 4.78 is 11.6. The van der Waals surface area contributed by atoms with Crippen molar-refractivity contribution in [3.05, 3.63) is 11.6 Å². The summed E-state index contributed by atoms with van der Waals surface area (Å²) in [5.41, 5.74) is 3.64. The van der Waals surface area contributed by atoms with Crippen molar-refractivity contribution in [2.45, 2.75) is 45.3 Å². The van der Waals surface area contributed by atoms with E-state index in [0.717, 1.165) is 19.3 Å². The van der Waals surface area contributed by atoms with E-state index in [-0.39, 0.29) is 17.7 Å². The van der Waals surface area contributed by atoms with E-state index in [1.165, 1.54) is 5.57 Å². The number of rotatable bonds is 2. The van der Waals surface area contributed by atoms with Crippen LogP contribution in [0.5, 0.6) is 0 Å². The van der Waals surface area contributed by atoms with Gasteiger partial charge < -0.3 is 9.47 Å². The average molecular weight is 254 g/mol. The van der Waals surface area contributed by atoms with E-state index in [1.54, 1.807) is 6.92 Å². The Bertz CT molecular complexity index is 357. The quantitative estimate of drug-likeness (QED) is 0.336. The third-order valence-corrected chi connectivity index (χ3v) is 3.94. The van der Waals surface area contributed by atoms with Gasteiger partial charge in [0.1, 0.15) is 0 Å². The summed E-state index contributed by atoms with van der Waals surface area (Å²) in [5.74, 6) is 3.97. The van der Waals surface area contributed by atoms with Crippen LogP contribution in [-0.2, 0) is 14.3 Å². The van der Waals surface area contributed by atoms with E-state index in [2.05, 4.69) is 18.4 Å². The summed E-state index contributed by atoms with van der Waals surface area (Å²) in [6, 6.07) is 0. The molecule has 1 spiro atoms. The van der Waals surface area contributed by atoms with Gasteiger partial charge in [-0.15, -0.1) is 0 Å². The molecule has 0 atom stereocenters. The van der Waals surface area contributed by atoms with Crippen LogP contribution in [0.15, 0.2) is 11.6 Å². The molecule has 2 aliphatic rings. The molecule has 102 valence electrons. The molecule has 0 aromatic rings. The number of allylic oxidation sites excluding steroid dienone is 2.